The fraction of sp³-hybridized carbons (Fsp3) is 0.543. The molecule has 15 nitrogen and oxygen atoms in total. The third-order valence-electron chi connectivity index (χ3n) is 10.9. The zero-order chi connectivity index (χ0) is 43.1. The van der Waals surface area contributed by atoms with E-state index >= 15 is 0 Å². The highest BCUT2D eigenvalue weighted by Crippen LogP contribution is 2.35. The summed E-state index contributed by atoms with van der Waals surface area (Å²) in [6.45, 7) is 6.28. The van der Waals surface area contributed by atoms with Gasteiger partial charge in [-0.1, -0.05) is 18.9 Å². The molecule has 332 valence electrons. The Hall–Kier alpha value is -5.09. The van der Waals surface area contributed by atoms with Crippen LogP contribution in [0.4, 0.5) is 5.69 Å². The molecule has 5 N–H and O–H groups in total. The fourth-order valence-electron chi connectivity index (χ4n) is 7.26. The Bertz CT molecular complexity index is 1840. The summed E-state index contributed by atoms with van der Waals surface area (Å²) in [6.07, 6.45) is 12.4. The molecule has 1 amide bonds. The number of ether oxygens (including phenoxy) is 6. The second-order valence-corrected chi connectivity index (χ2v) is 15.5. The van der Waals surface area contributed by atoms with Gasteiger partial charge in [0, 0.05) is 73.9 Å². The summed E-state index contributed by atoms with van der Waals surface area (Å²) in [5, 5.41) is 15.4. The minimum absolute atomic E-state index is 0.0758. The Labute approximate surface area is 360 Å². The van der Waals surface area contributed by atoms with E-state index in [1.165, 1.54) is 7.11 Å². The largest absolute Gasteiger partial charge is 0.494 e. The topological polar surface area (TPSA) is 192 Å². The maximum atomic E-state index is 13.8. The quantitative estimate of drug-likeness (QED) is 0.0305. The number of fused-ring (bicyclic) bond motifs is 1. The number of hydrogen-bond donors (Lipinski definition) is 4. The molecule has 3 aromatic rings. The number of aromatic nitrogens is 1. The number of amides is 1. The molecular weight excluding hydrogens is 779 g/mol. The van der Waals surface area contributed by atoms with E-state index in [9.17, 15) is 9.59 Å². The molecule has 0 bridgehead atoms. The summed E-state index contributed by atoms with van der Waals surface area (Å²) < 4.78 is 33.6. The summed E-state index contributed by atoms with van der Waals surface area (Å²) in [5.41, 5.74) is 8.82. The van der Waals surface area contributed by atoms with Gasteiger partial charge in [-0.15, -0.1) is 0 Å². The monoisotopic (exact) mass is 843 g/mol. The first-order valence-electron chi connectivity index (χ1n) is 21.7. The van der Waals surface area contributed by atoms with Crippen LogP contribution in [0.3, 0.4) is 0 Å². The number of nitrogens with two attached hydrogens (primary N) is 1. The Morgan fingerprint density at radius 3 is 2.25 bits per heavy atom. The number of unbranched alkanes of at least 4 members (excludes halogenated alkanes) is 5. The number of piperidine rings is 1. The van der Waals surface area contributed by atoms with Gasteiger partial charge in [-0.25, -0.2) is 4.99 Å². The van der Waals surface area contributed by atoms with Crippen molar-refractivity contribution in [1.82, 2.24) is 15.2 Å². The number of benzene rings is 2. The first-order chi connectivity index (χ1) is 29.8. The van der Waals surface area contributed by atoms with Gasteiger partial charge in [0.2, 0.25) is 0 Å². The van der Waals surface area contributed by atoms with E-state index in [1.54, 1.807) is 30.6 Å². The van der Waals surface area contributed by atoms with Crippen molar-refractivity contribution in [2.24, 2.45) is 10.7 Å². The van der Waals surface area contributed by atoms with E-state index in [4.69, 9.17) is 34.8 Å². The number of likely N-dealkylation sites (tertiary alicyclic amines) is 1. The van der Waals surface area contributed by atoms with Gasteiger partial charge in [0.1, 0.15) is 17.3 Å². The van der Waals surface area contributed by atoms with Gasteiger partial charge in [-0.2, -0.15) is 0 Å². The van der Waals surface area contributed by atoms with Crippen LogP contribution in [-0.2, 0) is 23.7 Å². The maximum absolute atomic E-state index is 13.8. The van der Waals surface area contributed by atoms with Crippen molar-refractivity contribution in [3.8, 4) is 11.5 Å². The molecule has 5 rings (SSSR count). The minimum atomic E-state index is -0.685. The number of methoxy groups -OCH3 is 1. The van der Waals surface area contributed by atoms with Gasteiger partial charge in [0.15, 0.2) is 5.84 Å². The Balaban J connectivity index is 1.00. The highest BCUT2D eigenvalue weighted by molar-refractivity contribution is 6.07. The lowest BCUT2D eigenvalue weighted by molar-refractivity contribution is -0.140. The predicted molar refractivity (Wildman–Crippen MR) is 236 cm³/mol. The third-order valence-corrected chi connectivity index (χ3v) is 10.9. The van der Waals surface area contributed by atoms with Crippen molar-refractivity contribution < 1.29 is 38.0 Å². The van der Waals surface area contributed by atoms with E-state index < -0.39 is 5.54 Å². The molecule has 0 saturated carbocycles. The minimum Gasteiger partial charge on any atom is -0.494 e. The molecule has 2 aromatic carbocycles. The maximum Gasteiger partial charge on any atom is 0.305 e. The van der Waals surface area contributed by atoms with E-state index in [0.717, 1.165) is 80.8 Å². The van der Waals surface area contributed by atoms with Gasteiger partial charge >= 0.3 is 5.97 Å². The van der Waals surface area contributed by atoms with Gasteiger partial charge in [-0.05, 0) is 101 Å². The van der Waals surface area contributed by atoms with Crippen molar-refractivity contribution in [2.75, 3.05) is 85.4 Å². The molecule has 1 atom stereocenters. The number of esters is 1. The molecule has 0 radical (unpaired) electrons. The summed E-state index contributed by atoms with van der Waals surface area (Å²) >= 11 is 0. The predicted octanol–water partition coefficient (Wildman–Crippen LogP) is 6.32. The molecule has 2 aliphatic rings. The number of nitrogens with zero attached hydrogens (tertiary/aromatic N) is 3. The fourth-order valence-corrected chi connectivity index (χ4v) is 7.26. The van der Waals surface area contributed by atoms with Crippen LogP contribution < -0.4 is 25.8 Å². The van der Waals surface area contributed by atoms with Gasteiger partial charge in [-0.3, -0.25) is 20.0 Å². The Morgan fingerprint density at radius 2 is 1.54 bits per heavy atom. The van der Waals surface area contributed by atoms with Crippen LogP contribution in [0.5, 0.6) is 11.5 Å². The van der Waals surface area contributed by atoms with Crippen LogP contribution >= 0.6 is 0 Å². The molecule has 1 fully saturated rings. The lowest BCUT2D eigenvalue weighted by Gasteiger charge is -2.41. The number of carbonyl (C=O) groups is 2. The molecule has 1 unspecified atom stereocenters. The summed E-state index contributed by atoms with van der Waals surface area (Å²) in [4.78, 5) is 35.7. The second kappa shape index (κ2) is 25.6. The molecule has 3 heterocycles. The van der Waals surface area contributed by atoms with Crippen molar-refractivity contribution in [3.05, 3.63) is 83.7 Å². The summed E-state index contributed by atoms with van der Waals surface area (Å²) in [7, 11) is 3.49. The van der Waals surface area contributed by atoms with Crippen molar-refractivity contribution in [2.45, 2.75) is 82.2 Å². The molecule has 0 aliphatic carbocycles. The number of nitrogens with one attached hydrogen (secondary N) is 3. The second-order valence-electron chi connectivity index (χ2n) is 15.5. The van der Waals surface area contributed by atoms with Crippen LogP contribution in [0.2, 0.25) is 0 Å². The summed E-state index contributed by atoms with van der Waals surface area (Å²) in [5.74, 6) is 1.56. The molecule has 15 heteroatoms. The zero-order valence-corrected chi connectivity index (χ0v) is 36.0. The number of aliphatic imine (C=N–C) groups is 1. The molecule has 1 aromatic heterocycles. The average Bonchev–Trinajstić information content (AvgIpc) is 3.28. The number of anilines is 1. The van der Waals surface area contributed by atoms with E-state index in [-0.39, 0.29) is 23.8 Å². The number of amidine groups is 2. The van der Waals surface area contributed by atoms with Crippen LogP contribution in [0.15, 0.2) is 72.0 Å². The van der Waals surface area contributed by atoms with Crippen LogP contribution in [0, 0.1) is 5.41 Å². The van der Waals surface area contributed by atoms with Crippen LogP contribution in [0.1, 0.15) is 98.2 Å². The Morgan fingerprint density at radius 1 is 0.869 bits per heavy atom. The van der Waals surface area contributed by atoms with Crippen molar-refractivity contribution in [1.29, 1.82) is 5.41 Å². The van der Waals surface area contributed by atoms with Gasteiger partial charge in [0.25, 0.3) is 5.91 Å². The zero-order valence-electron chi connectivity index (χ0n) is 36.0. The lowest BCUT2D eigenvalue weighted by atomic mass is 9.85. The molecule has 2 aliphatic heterocycles. The molecule has 1 saturated heterocycles. The Kier molecular flexibility index (Phi) is 19.7. The highest BCUT2D eigenvalue weighted by atomic mass is 16.5. The first kappa shape index (κ1) is 47.0. The van der Waals surface area contributed by atoms with Crippen LogP contribution in [0.25, 0.3) is 0 Å². The van der Waals surface area contributed by atoms with Crippen molar-refractivity contribution >= 4 is 29.2 Å². The smallest absolute Gasteiger partial charge is 0.305 e. The lowest BCUT2D eigenvalue weighted by Crippen LogP contribution is -2.56. The number of hydrogen-bond acceptors (Lipinski definition) is 12. The normalized spacial score (nSPS) is 16.2. The number of pyridine rings is 1. The van der Waals surface area contributed by atoms with Gasteiger partial charge < -0.3 is 49.7 Å². The average molecular weight is 844 g/mol. The van der Waals surface area contributed by atoms with E-state index in [1.807, 2.05) is 36.4 Å². The SMILES string of the molecule is COC(=O)CCCCCOCCOCCOCCCCCCOc1ccc2c(c1)C(NC(=O)c1cccc(NC3(C(N)=NC(=N)c4ccncc4)CCN(C)CC3)c1)CCO2. The first-order valence-corrected chi connectivity index (χ1v) is 21.7. The molecule has 61 heavy (non-hydrogen) atoms. The molecular formula is C46H65N7O8. The van der Waals surface area contributed by atoms with Crippen LogP contribution in [-0.4, -0.2) is 119 Å². The standard InChI is InChI=1S/C46H65N7O8/c1-53-23-19-46(20-24-53,45(48)51-43(47)35-16-21-49-22-17-35)52-37-12-10-11-36(33-37)44(55)50-40-18-28-61-41-15-14-38(34-39(40)41)60-27-9-4-3-7-25-57-29-31-59-32-30-58-26-8-5-6-13-42(54)56-2/h10-12,14-17,21-22,33-34,40,52H,3-9,13,18-20,23-32H2,1-2H3,(H,50,55)(H3,47,48,51). The number of rotatable bonds is 26. The van der Waals surface area contributed by atoms with E-state index in [2.05, 4.69) is 37.3 Å². The van der Waals surface area contributed by atoms with E-state index in [0.29, 0.717) is 95.5 Å². The number of carbonyl (C=O) groups excluding carboxylic acids is 2. The summed E-state index contributed by atoms with van der Waals surface area (Å²) in [6, 6.07) is 16.5. The highest BCUT2D eigenvalue weighted by Gasteiger charge is 2.38. The van der Waals surface area contributed by atoms with Gasteiger partial charge in [0.05, 0.1) is 58.3 Å². The van der Waals surface area contributed by atoms with Crippen molar-refractivity contribution in [3.63, 3.8) is 0 Å². The molecule has 0 spiro atoms. The third kappa shape index (κ3) is 15.7.